The van der Waals surface area contributed by atoms with Gasteiger partial charge in [0.15, 0.2) is 6.10 Å². The molecule has 1 unspecified atom stereocenters. The molecule has 0 rings (SSSR count). The Kier molecular flexibility index (Phi) is 43.0. The minimum absolute atomic E-state index is 0.0922. The van der Waals surface area contributed by atoms with Crippen LogP contribution in [-0.4, -0.2) is 37.2 Å². The maximum atomic E-state index is 12.7. The summed E-state index contributed by atoms with van der Waals surface area (Å²) in [5.74, 6) is -0.944. The van der Waals surface area contributed by atoms with Crippen molar-refractivity contribution in [2.45, 2.75) is 219 Å². The molecule has 0 aliphatic rings. The summed E-state index contributed by atoms with van der Waals surface area (Å²) in [7, 11) is 0. The van der Waals surface area contributed by atoms with Crippen LogP contribution in [0.2, 0.25) is 0 Å². The van der Waals surface area contributed by atoms with Crippen LogP contribution >= 0.6 is 0 Å². The van der Waals surface area contributed by atoms with E-state index in [4.69, 9.17) is 14.2 Å². The first-order valence-corrected chi connectivity index (χ1v) is 23.4. The summed E-state index contributed by atoms with van der Waals surface area (Å²) in [6.07, 6.45) is 56.0. The van der Waals surface area contributed by atoms with Gasteiger partial charge in [0, 0.05) is 19.3 Å². The molecule has 0 fully saturated rings. The van der Waals surface area contributed by atoms with Crippen molar-refractivity contribution in [1.29, 1.82) is 0 Å². The van der Waals surface area contributed by atoms with Crippen LogP contribution in [0.1, 0.15) is 213 Å². The predicted octanol–water partition coefficient (Wildman–Crippen LogP) is 15.1. The molecule has 0 radical (unpaired) electrons. The average Bonchev–Trinajstić information content (AvgIpc) is 3.21. The molecule has 57 heavy (non-hydrogen) atoms. The van der Waals surface area contributed by atoms with E-state index < -0.39 is 6.10 Å². The molecule has 0 aromatic rings. The number of hydrogen-bond acceptors (Lipinski definition) is 6. The second-order valence-corrected chi connectivity index (χ2v) is 15.3. The lowest BCUT2D eigenvalue weighted by molar-refractivity contribution is -0.167. The van der Waals surface area contributed by atoms with Gasteiger partial charge >= 0.3 is 17.9 Å². The van der Waals surface area contributed by atoms with Gasteiger partial charge in [0.25, 0.3) is 0 Å². The van der Waals surface area contributed by atoms with Crippen molar-refractivity contribution in [2.75, 3.05) is 13.2 Å². The number of hydrogen-bond donors (Lipinski definition) is 0. The fourth-order valence-corrected chi connectivity index (χ4v) is 6.23. The first-order chi connectivity index (χ1) is 28.0. The van der Waals surface area contributed by atoms with Gasteiger partial charge < -0.3 is 14.2 Å². The van der Waals surface area contributed by atoms with Crippen LogP contribution in [0.5, 0.6) is 0 Å². The van der Waals surface area contributed by atoms with E-state index in [9.17, 15) is 14.4 Å². The molecule has 0 aliphatic carbocycles. The Morgan fingerprint density at radius 3 is 1.09 bits per heavy atom. The molecule has 6 heteroatoms. The molecule has 0 saturated heterocycles. The normalized spacial score (nSPS) is 12.7. The van der Waals surface area contributed by atoms with Crippen molar-refractivity contribution in [3.8, 4) is 0 Å². The third-order valence-electron chi connectivity index (χ3n) is 9.71. The average molecular weight is 795 g/mol. The molecule has 0 heterocycles. The molecule has 0 bridgehead atoms. The van der Waals surface area contributed by atoms with Crippen LogP contribution in [0, 0.1) is 0 Å². The van der Waals surface area contributed by atoms with Gasteiger partial charge in [-0.1, -0.05) is 184 Å². The Hall–Kier alpha value is -3.15. The minimum Gasteiger partial charge on any atom is -0.462 e. The van der Waals surface area contributed by atoms with E-state index in [-0.39, 0.29) is 31.1 Å². The monoisotopic (exact) mass is 795 g/mol. The van der Waals surface area contributed by atoms with Crippen molar-refractivity contribution in [3.63, 3.8) is 0 Å². The van der Waals surface area contributed by atoms with E-state index in [1.165, 1.54) is 51.4 Å². The van der Waals surface area contributed by atoms with Crippen LogP contribution in [0.25, 0.3) is 0 Å². The van der Waals surface area contributed by atoms with Crippen LogP contribution in [0.15, 0.2) is 72.9 Å². The highest BCUT2D eigenvalue weighted by molar-refractivity contribution is 5.71. The van der Waals surface area contributed by atoms with E-state index in [0.29, 0.717) is 19.3 Å². The minimum atomic E-state index is -0.794. The van der Waals surface area contributed by atoms with Crippen LogP contribution in [-0.2, 0) is 28.6 Å². The molecular weight excluding hydrogens is 709 g/mol. The standard InChI is InChI=1S/C51H86O6/c1-4-7-10-13-16-19-22-24-25-27-29-32-35-38-41-44-50(53)56-47-48(46-55-49(52)43-40-37-34-31-28-21-18-15-12-9-6-3)57-51(54)45-42-39-36-33-30-26-23-20-17-14-11-8-5-2/h7-8,10-11,16-17,19-20,24-26,30,48H,4-6,9,12-15,18,21-23,27-29,31-47H2,1-3H3/b10-7-,11-8-,19-16-,20-17-,25-24-,30-26-. The van der Waals surface area contributed by atoms with Crippen LogP contribution in [0.3, 0.4) is 0 Å². The Balaban J connectivity index is 4.45. The largest absolute Gasteiger partial charge is 0.462 e. The van der Waals surface area contributed by atoms with E-state index in [2.05, 4.69) is 93.7 Å². The number of unbranched alkanes of at least 4 members (excludes halogenated alkanes) is 18. The number of rotatable bonds is 41. The highest BCUT2D eigenvalue weighted by Crippen LogP contribution is 2.14. The van der Waals surface area contributed by atoms with Gasteiger partial charge in [0.2, 0.25) is 0 Å². The number of allylic oxidation sites excluding steroid dienone is 12. The molecule has 0 aromatic carbocycles. The topological polar surface area (TPSA) is 78.9 Å². The van der Waals surface area contributed by atoms with Gasteiger partial charge in [-0.3, -0.25) is 14.4 Å². The zero-order valence-corrected chi connectivity index (χ0v) is 37.1. The van der Waals surface area contributed by atoms with Crippen LogP contribution < -0.4 is 0 Å². The number of ether oxygens (including phenoxy) is 3. The fraction of sp³-hybridized carbons (Fsp3) is 0.706. The summed E-state index contributed by atoms with van der Waals surface area (Å²) >= 11 is 0. The Morgan fingerprint density at radius 1 is 0.368 bits per heavy atom. The van der Waals surface area contributed by atoms with Crippen LogP contribution in [0.4, 0.5) is 0 Å². The zero-order chi connectivity index (χ0) is 41.5. The number of carbonyl (C=O) groups excluding carboxylic acids is 3. The second-order valence-electron chi connectivity index (χ2n) is 15.3. The lowest BCUT2D eigenvalue weighted by atomic mass is 10.1. The predicted molar refractivity (Wildman–Crippen MR) is 242 cm³/mol. The number of carbonyl (C=O) groups is 3. The quantitative estimate of drug-likeness (QED) is 0.0265. The Morgan fingerprint density at radius 2 is 0.684 bits per heavy atom. The number of esters is 3. The van der Waals surface area contributed by atoms with Crippen molar-refractivity contribution in [2.24, 2.45) is 0 Å². The van der Waals surface area contributed by atoms with Crippen molar-refractivity contribution in [1.82, 2.24) is 0 Å². The molecule has 1 atom stereocenters. The van der Waals surface area contributed by atoms with Crippen molar-refractivity contribution in [3.05, 3.63) is 72.9 Å². The van der Waals surface area contributed by atoms with Gasteiger partial charge in [0.1, 0.15) is 13.2 Å². The molecule has 0 saturated carbocycles. The second kappa shape index (κ2) is 45.6. The summed E-state index contributed by atoms with van der Waals surface area (Å²) in [5.41, 5.74) is 0. The zero-order valence-electron chi connectivity index (χ0n) is 37.1. The SMILES string of the molecule is CC/C=C\C/C=C\C/C=C\CCCCCCCC(=O)OCC(COC(=O)CCCCCCCCCCCCC)OC(=O)CCCCC/C=C\C/C=C\C/C=C\CC. The summed E-state index contributed by atoms with van der Waals surface area (Å²) < 4.78 is 16.7. The van der Waals surface area contributed by atoms with Gasteiger partial charge in [-0.05, 0) is 83.5 Å². The van der Waals surface area contributed by atoms with Crippen molar-refractivity contribution >= 4 is 17.9 Å². The smallest absolute Gasteiger partial charge is 0.306 e. The molecule has 0 N–H and O–H groups in total. The van der Waals surface area contributed by atoms with E-state index in [1.54, 1.807) is 0 Å². The fourth-order valence-electron chi connectivity index (χ4n) is 6.23. The molecular formula is C51H86O6. The maximum Gasteiger partial charge on any atom is 0.306 e. The molecule has 326 valence electrons. The molecule has 0 spiro atoms. The Labute approximate surface area is 351 Å². The van der Waals surface area contributed by atoms with E-state index >= 15 is 0 Å². The highest BCUT2D eigenvalue weighted by atomic mass is 16.6. The third-order valence-corrected chi connectivity index (χ3v) is 9.71. The summed E-state index contributed by atoms with van der Waals surface area (Å²) in [6.45, 7) is 6.35. The highest BCUT2D eigenvalue weighted by Gasteiger charge is 2.19. The molecule has 0 aromatic heterocycles. The summed E-state index contributed by atoms with van der Waals surface area (Å²) in [4.78, 5) is 37.8. The first kappa shape index (κ1) is 53.9. The molecule has 6 nitrogen and oxygen atoms in total. The van der Waals surface area contributed by atoms with E-state index in [0.717, 1.165) is 122 Å². The Bertz CT molecular complexity index is 1100. The first-order valence-electron chi connectivity index (χ1n) is 23.4. The third kappa shape index (κ3) is 43.8. The van der Waals surface area contributed by atoms with E-state index in [1.807, 2.05) is 0 Å². The summed E-state index contributed by atoms with van der Waals surface area (Å²) in [5, 5.41) is 0. The van der Waals surface area contributed by atoms with Gasteiger partial charge in [-0.2, -0.15) is 0 Å². The maximum absolute atomic E-state index is 12.7. The van der Waals surface area contributed by atoms with Gasteiger partial charge in [-0.15, -0.1) is 0 Å². The van der Waals surface area contributed by atoms with Gasteiger partial charge in [-0.25, -0.2) is 0 Å². The lowest BCUT2D eigenvalue weighted by Crippen LogP contribution is -2.30. The molecule has 0 aliphatic heterocycles. The summed E-state index contributed by atoms with van der Waals surface area (Å²) in [6, 6.07) is 0. The van der Waals surface area contributed by atoms with Crippen molar-refractivity contribution < 1.29 is 28.6 Å². The molecule has 0 amide bonds. The lowest BCUT2D eigenvalue weighted by Gasteiger charge is -2.18. The van der Waals surface area contributed by atoms with Gasteiger partial charge in [0.05, 0.1) is 0 Å².